The summed E-state index contributed by atoms with van der Waals surface area (Å²) in [6.45, 7) is 0. The molecule has 104 valence electrons. The average Bonchev–Trinajstić information content (AvgIpc) is 2.98. The Hall–Kier alpha value is -2.95. The van der Waals surface area contributed by atoms with Crippen LogP contribution < -0.4 is 0 Å². The number of aromatic nitrogens is 2. The topological polar surface area (TPSA) is 55.1 Å². The second-order valence-electron chi connectivity index (χ2n) is 4.51. The Labute approximate surface area is 120 Å². The van der Waals surface area contributed by atoms with Gasteiger partial charge >= 0.3 is 5.97 Å². The van der Waals surface area contributed by atoms with Gasteiger partial charge in [-0.1, -0.05) is 6.07 Å². The van der Waals surface area contributed by atoms with Gasteiger partial charge in [0, 0.05) is 11.8 Å². The highest BCUT2D eigenvalue weighted by molar-refractivity contribution is 5.88. The minimum absolute atomic E-state index is 0.200. The first-order chi connectivity index (χ1) is 10.1. The fraction of sp³-hybridized carbons (Fsp3) is 0. The Bertz CT molecular complexity index is 794. The van der Waals surface area contributed by atoms with Crippen molar-refractivity contribution in [1.82, 2.24) is 9.78 Å². The fourth-order valence-electron chi connectivity index (χ4n) is 2.02. The van der Waals surface area contributed by atoms with Crippen molar-refractivity contribution in [2.24, 2.45) is 0 Å². The molecule has 1 aromatic heterocycles. The number of carbonyl (C=O) groups is 1. The molecule has 0 fully saturated rings. The third kappa shape index (κ3) is 2.67. The molecule has 0 unspecified atom stereocenters. The van der Waals surface area contributed by atoms with Crippen molar-refractivity contribution in [1.29, 1.82) is 0 Å². The van der Waals surface area contributed by atoms with Gasteiger partial charge in [0.05, 0.1) is 16.9 Å². The van der Waals surface area contributed by atoms with Gasteiger partial charge in [-0.05, 0) is 48.5 Å². The Balaban J connectivity index is 1.96. The zero-order valence-corrected chi connectivity index (χ0v) is 10.9. The second-order valence-corrected chi connectivity index (χ2v) is 4.51. The van der Waals surface area contributed by atoms with Crippen molar-refractivity contribution in [3.05, 3.63) is 72.2 Å². The number of nitrogens with zero attached hydrogens (tertiary/aromatic N) is 2. The van der Waals surface area contributed by atoms with E-state index in [9.17, 15) is 9.18 Å². The second kappa shape index (κ2) is 5.20. The standard InChI is InChI=1S/C16H11FN2O2/c17-13-6-4-11(5-7-13)15-8-9-19(18-15)14-3-1-2-12(10-14)16(20)21/h1-10H,(H,20,21). The van der Waals surface area contributed by atoms with Gasteiger partial charge in [0.2, 0.25) is 0 Å². The van der Waals surface area contributed by atoms with Crippen LogP contribution in [-0.4, -0.2) is 20.9 Å². The van der Waals surface area contributed by atoms with E-state index in [-0.39, 0.29) is 11.4 Å². The van der Waals surface area contributed by atoms with Crippen LogP contribution in [0.4, 0.5) is 4.39 Å². The molecule has 0 atom stereocenters. The molecule has 1 N–H and O–H groups in total. The number of hydrogen-bond acceptors (Lipinski definition) is 2. The molecule has 0 saturated heterocycles. The average molecular weight is 282 g/mol. The highest BCUT2D eigenvalue weighted by atomic mass is 19.1. The minimum atomic E-state index is -0.984. The number of rotatable bonds is 3. The smallest absolute Gasteiger partial charge is 0.335 e. The van der Waals surface area contributed by atoms with Crippen LogP contribution in [0.1, 0.15) is 10.4 Å². The zero-order valence-electron chi connectivity index (χ0n) is 10.9. The molecule has 3 rings (SSSR count). The largest absolute Gasteiger partial charge is 0.478 e. The van der Waals surface area contributed by atoms with Gasteiger partial charge in [-0.25, -0.2) is 13.9 Å². The Morgan fingerprint density at radius 3 is 2.57 bits per heavy atom. The van der Waals surface area contributed by atoms with Crippen LogP contribution in [0, 0.1) is 5.82 Å². The number of benzene rings is 2. The molecule has 4 nitrogen and oxygen atoms in total. The van der Waals surface area contributed by atoms with Gasteiger partial charge in [0.25, 0.3) is 0 Å². The molecule has 0 bridgehead atoms. The summed E-state index contributed by atoms with van der Waals surface area (Å²) in [5.41, 5.74) is 2.34. The van der Waals surface area contributed by atoms with Crippen LogP contribution in [0.5, 0.6) is 0 Å². The first-order valence-electron chi connectivity index (χ1n) is 6.29. The summed E-state index contributed by atoms with van der Waals surface area (Å²) in [4.78, 5) is 11.0. The summed E-state index contributed by atoms with van der Waals surface area (Å²) in [6, 6.07) is 14.3. The summed E-state index contributed by atoms with van der Waals surface area (Å²) < 4.78 is 14.5. The highest BCUT2D eigenvalue weighted by Crippen LogP contribution is 2.19. The Morgan fingerprint density at radius 1 is 1.10 bits per heavy atom. The van der Waals surface area contributed by atoms with Crippen LogP contribution in [0.15, 0.2) is 60.8 Å². The maximum absolute atomic E-state index is 12.9. The van der Waals surface area contributed by atoms with Crippen LogP contribution in [0.3, 0.4) is 0 Å². The molecule has 21 heavy (non-hydrogen) atoms. The molecular weight excluding hydrogens is 271 g/mol. The maximum Gasteiger partial charge on any atom is 0.335 e. The minimum Gasteiger partial charge on any atom is -0.478 e. The van der Waals surface area contributed by atoms with Crippen molar-refractivity contribution < 1.29 is 14.3 Å². The van der Waals surface area contributed by atoms with Crippen molar-refractivity contribution in [3.63, 3.8) is 0 Å². The van der Waals surface area contributed by atoms with E-state index >= 15 is 0 Å². The molecule has 0 radical (unpaired) electrons. The van der Waals surface area contributed by atoms with Crippen LogP contribution in [-0.2, 0) is 0 Å². The molecule has 0 aliphatic heterocycles. The van der Waals surface area contributed by atoms with Gasteiger partial charge in [-0.2, -0.15) is 5.10 Å². The molecule has 0 aliphatic rings. The molecule has 5 heteroatoms. The monoisotopic (exact) mass is 282 g/mol. The molecule has 0 saturated carbocycles. The zero-order chi connectivity index (χ0) is 14.8. The van der Waals surface area contributed by atoms with Crippen molar-refractivity contribution >= 4 is 5.97 Å². The summed E-state index contributed by atoms with van der Waals surface area (Å²) in [7, 11) is 0. The van der Waals surface area contributed by atoms with Gasteiger partial charge < -0.3 is 5.11 Å². The Kier molecular flexibility index (Phi) is 3.23. The number of aromatic carboxylic acids is 1. The lowest BCUT2D eigenvalue weighted by molar-refractivity contribution is 0.0697. The van der Waals surface area contributed by atoms with E-state index in [1.165, 1.54) is 18.2 Å². The Morgan fingerprint density at radius 2 is 1.86 bits per heavy atom. The molecular formula is C16H11FN2O2. The van der Waals surface area contributed by atoms with Gasteiger partial charge in [-0.15, -0.1) is 0 Å². The van der Waals surface area contributed by atoms with Gasteiger partial charge in [-0.3, -0.25) is 0 Å². The maximum atomic E-state index is 12.9. The van der Waals surface area contributed by atoms with Gasteiger partial charge in [0.15, 0.2) is 0 Å². The van der Waals surface area contributed by atoms with Crippen molar-refractivity contribution in [2.75, 3.05) is 0 Å². The van der Waals surface area contributed by atoms with E-state index < -0.39 is 5.97 Å². The number of halogens is 1. The summed E-state index contributed by atoms with van der Waals surface area (Å²) in [5, 5.41) is 13.4. The third-order valence-corrected chi connectivity index (χ3v) is 3.09. The lowest BCUT2D eigenvalue weighted by atomic mass is 10.1. The van der Waals surface area contributed by atoms with Crippen molar-refractivity contribution in [2.45, 2.75) is 0 Å². The third-order valence-electron chi connectivity index (χ3n) is 3.09. The normalized spacial score (nSPS) is 10.5. The molecule has 0 spiro atoms. The number of hydrogen-bond donors (Lipinski definition) is 1. The summed E-state index contributed by atoms with van der Waals surface area (Å²) >= 11 is 0. The SMILES string of the molecule is O=C(O)c1cccc(-n2ccc(-c3ccc(F)cc3)n2)c1. The molecule has 2 aromatic carbocycles. The van der Waals surface area contributed by atoms with Crippen molar-refractivity contribution in [3.8, 4) is 16.9 Å². The predicted octanol–water partition coefficient (Wildman–Crippen LogP) is 3.38. The first-order valence-corrected chi connectivity index (χ1v) is 6.29. The molecule has 0 aliphatic carbocycles. The number of carboxylic acids is 1. The quantitative estimate of drug-likeness (QED) is 0.801. The molecule has 0 amide bonds. The number of carboxylic acid groups (broad SMARTS) is 1. The lowest BCUT2D eigenvalue weighted by Crippen LogP contribution is -2.00. The summed E-state index contributed by atoms with van der Waals surface area (Å²) in [6.07, 6.45) is 1.74. The molecule has 1 heterocycles. The van der Waals surface area contributed by atoms with Gasteiger partial charge in [0.1, 0.15) is 5.82 Å². The van der Waals surface area contributed by atoms with Crippen LogP contribution in [0.25, 0.3) is 16.9 Å². The fourth-order valence-corrected chi connectivity index (χ4v) is 2.02. The van der Waals surface area contributed by atoms with E-state index in [2.05, 4.69) is 5.10 Å². The predicted molar refractivity (Wildman–Crippen MR) is 75.9 cm³/mol. The van der Waals surface area contributed by atoms with E-state index in [1.807, 2.05) is 0 Å². The van der Waals surface area contributed by atoms with E-state index in [1.54, 1.807) is 47.3 Å². The lowest BCUT2D eigenvalue weighted by Gasteiger charge is -2.02. The first kappa shape index (κ1) is 13.1. The van der Waals surface area contributed by atoms with Crippen LogP contribution >= 0.6 is 0 Å². The highest BCUT2D eigenvalue weighted by Gasteiger charge is 2.07. The van der Waals surface area contributed by atoms with E-state index in [4.69, 9.17) is 5.11 Å². The van der Waals surface area contributed by atoms with E-state index in [0.29, 0.717) is 11.4 Å². The van der Waals surface area contributed by atoms with Crippen LogP contribution in [0.2, 0.25) is 0 Å². The van der Waals surface area contributed by atoms with E-state index in [0.717, 1.165) is 5.56 Å². The summed E-state index contributed by atoms with van der Waals surface area (Å²) in [5.74, 6) is -1.28. The molecule has 3 aromatic rings.